The Hall–Kier alpha value is -0.350. The predicted octanol–water partition coefficient (Wildman–Crippen LogP) is 3.58. The third-order valence-corrected chi connectivity index (χ3v) is 3.24. The Morgan fingerprint density at radius 3 is 2.85 bits per heavy atom. The highest BCUT2D eigenvalue weighted by atomic mass is 79.9. The Bertz CT molecular complexity index is 448. The minimum atomic E-state index is 0.886. The Balaban J connectivity index is 2.86. The molecule has 0 saturated carbocycles. The van der Waals surface area contributed by atoms with Gasteiger partial charge in [-0.05, 0) is 50.9 Å². The van der Waals surface area contributed by atoms with Gasteiger partial charge >= 0.3 is 0 Å². The molecule has 0 spiro atoms. The molecule has 0 saturated heterocycles. The van der Waals surface area contributed by atoms with E-state index in [0.29, 0.717) is 0 Å². The first-order valence-electron chi connectivity index (χ1n) is 4.04. The number of imidazole rings is 1. The molecule has 1 aromatic heterocycles. The van der Waals surface area contributed by atoms with Crippen LogP contribution in [0.15, 0.2) is 27.4 Å². The van der Waals surface area contributed by atoms with E-state index in [-0.39, 0.29) is 0 Å². The lowest BCUT2D eigenvalue weighted by Crippen LogP contribution is -1.92. The van der Waals surface area contributed by atoms with Gasteiger partial charge < -0.3 is 4.57 Å². The average Bonchev–Trinajstić information content (AvgIpc) is 2.43. The molecule has 68 valence electrons. The molecule has 0 amide bonds. The maximum Gasteiger partial charge on any atom is 0.178 e. The minimum absolute atomic E-state index is 0.886. The molecule has 2 nitrogen and oxygen atoms in total. The van der Waals surface area contributed by atoms with Crippen LogP contribution in [-0.2, 0) is 6.54 Å². The first-order chi connectivity index (χ1) is 6.24. The van der Waals surface area contributed by atoms with Crippen LogP contribution < -0.4 is 0 Å². The third-order valence-electron chi connectivity index (χ3n) is 2.00. The van der Waals surface area contributed by atoms with Crippen LogP contribution in [0.25, 0.3) is 11.0 Å². The standard InChI is InChI=1S/C9H8Br2N2/c1-2-13-7-5-3-4-6(10)8(7)12-9(13)11/h3-5H,2H2,1H3. The molecule has 0 radical (unpaired) electrons. The number of rotatable bonds is 1. The van der Waals surface area contributed by atoms with Crippen molar-refractivity contribution in [2.45, 2.75) is 13.5 Å². The van der Waals surface area contributed by atoms with Crippen molar-refractivity contribution in [1.82, 2.24) is 9.55 Å². The summed E-state index contributed by atoms with van der Waals surface area (Å²) in [6, 6.07) is 6.09. The van der Waals surface area contributed by atoms with Crippen molar-refractivity contribution in [3.63, 3.8) is 0 Å². The number of aryl methyl sites for hydroxylation is 1. The van der Waals surface area contributed by atoms with Gasteiger partial charge in [0, 0.05) is 11.0 Å². The summed E-state index contributed by atoms with van der Waals surface area (Å²) >= 11 is 6.91. The van der Waals surface area contributed by atoms with Gasteiger partial charge in [0.15, 0.2) is 4.73 Å². The fourth-order valence-corrected chi connectivity index (χ4v) is 2.45. The Morgan fingerprint density at radius 1 is 1.38 bits per heavy atom. The van der Waals surface area contributed by atoms with Gasteiger partial charge in [0.05, 0.1) is 5.52 Å². The summed E-state index contributed by atoms with van der Waals surface area (Å²) in [4.78, 5) is 4.42. The second kappa shape index (κ2) is 3.42. The van der Waals surface area contributed by atoms with E-state index in [1.54, 1.807) is 0 Å². The predicted molar refractivity (Wildman–Crippen MR) is 60.8 cm³/mol. The SMILES string of the molecule is CCn1c(Br)nc2c(Br)cccc21. The van der Waals surface area contributed by atoms with E-state index in [9.17, 15) is 0 Å². The van der Waals surface area contributed by atoms with Crippen LogP contribution in [0.2, 0.25) is 0 Å². The maximum atomic E-state index is 4.42. The molecule has 0 unspecified atom stereocenters. The average molecular weight is 304 g/mol. The van der Waals surface area contributed by atoms with Crippen molar-refractivity contribution in [3.8, 4) is 0 Å². The third kappa shape index (κ3) is 1.42. The van der Waals surface area contributed by atoms with Crippen LogP contribution in [0.5, 0.6) is 0 Å². The van der Waals surface area contributed by atoms with Gasteiger partial charge in [-0.15, -0.1) is 0 Å². The number of hydrogen-bond donors (Lipinski definition) is 0. The first kappa shape index (κ1) is 9.21. The van der Waals surface area contributed by atoms with Gasteiger partial charge in [-0.2, -0.15) is 0 Å². The summed E-state index contributed by atoms with van der Waals surface area (Å²) < 4.78 is 4.05. The zero-order chi connectivity index (χ0) is 9.42. The monoisotopic (exact) mass is 302 g/mol. The van der Waals surface area contributed by atoms with Gasteiger partial charge in [0.25, 0.3) is 0 Å². The highest BCUT2D eigenvalue weighted by Crippen LogP contribution is 2.26. The number of benzene rings is 1. The number of hydrogen-bond acceptors (Lipinski definition) is 1. The second-order valence-electron chi connectivity index (χ2n) is 2.73. The van der Waals surface area contributed by atoms with Crippen LogP contribution in [-0.4, -0.2) is 9.55 Å². The topological polar surface area (TPSA) is 17.8 Å². The molecule has 2 rings (SSSR count). The zero-order valence-electron chi connectivity index (χ0n) is 7.09. The molecule has 0 aliphatic heterocycles. The molecular weight excluding hydrogens is 296 g/mol. The summed E-state index contributed by atoms with van der Waals surface area (Å²) in [7, 11) is 0. The first-order valence-corrected chi connectivity index (χ1v) is 5.63. The molecule has 2 aromatic rings. The minimum Gasteiger partial charge on any atom is -0.319 e. The van der Waals surface area contributed by atoms with E-state index in [0.717, 1.165) is 26.8 Å². The molecule has 0 bridgehead atoms. The second-order valence-corrected chi connectivity index (χ2v) is 4.30. The van der Waals surface area contributed by atoms with Gasteiger partial charge in [0.2, 0.25) is 0 Å². The lowest BCUT2D eigenvalue weighted by Gasteiger charge is -1.99. The highest BCUT2D eigenvalue weighted by Gasteiger charge is 2.08. The molecular formula is C9H8Br2N2. The van der Waals surface area contributed by atoms with Crippen molar-refractivity contribution < 1.29 is 0 Å². The van der Waals surface area contributed by atoms with Crippen LogP contribution in [0.3, 0.4) is 0 Å². The van der Waals surface area contributed by atoms with Gasteiger partial charge in [-0.1, -0.05) is 6.07 Å². The molecule has 0 aliphatic rings. The number of halogens is 2. The number of aromatic nitrogens is 2. The van der Waals surface area contributed by atoms with Crippen LogP contribution in [0, 0.1) is 0 Å². The lowest BCUT2D eigenvalue weighted by atomic mass is 10.3. The summed E-state index contributed by atoms with van der Waals surface area (Å²) in [6.45, 7) is 3.03. The number of nitrogens with zero attached hydrogens (tertiary/aromatic N) is 2. The molecule has 0 aliphatic carbocycles. The van der Waals surface area contributed by atoms with Crippen molar-refractivity contribution in [2.24, 2.45) is 0 Å². The molecule has 13 heavy (non-hydrogen) atoms. The summed E-state index contributed by atoms with van der Waals surface area (Å²) in [5, 5.41) is 0. The van der Waals surface area contributed by atoms with Crippen LogP contribution in [0.4, 0.5) is 0 Å². The van der Waals surface area contributed by atoms with Gasteiger partial charge in [-0.3, -0.25) is 0 Å². The maximum absolute atomic E-state index is 4.42. The number of fused-ring (bicyclic) bond motifs is 1. The largest absolute Gasteiger partial charge is 0.319 e. The quantitative estimate of drug-likeness (QED) is 0.787. The Labute approximate surface area is 93.2 Å². The van der Waals surface area contributed by atoms with Crippen molar-refractivity contribution >= 4 is 42.9 Å². The molecule has 0 fully saturated rings. The molecule has 0 atom stereocenters. The molecule has 1 aromatic carbocycles. The summed E-state index contributed by atoms with van der Waals surface area (Å²) in [5.41, 5.74) is 2.17. The van der Waals surface area contributed by atoms with E-state index in [1.807, 2.05) is 12.1 Å². The summed E-state index contributed by atoms with van der Waals surface area (Å²) in [6.07, 6.45) is 0. The van der Waals surface area contributed by atoms with Gasteiger partial charge in [0.1, 0.15) is 5.52 Å². The highest BCUT2D eigenvalue weighted by molar-refractivity contribution is 9.11. The zero-order valence-corrected chi connectivity index (χ0v) is 10.3. The van der Waals surface area contributed by atoms with E-state index in [1.165, 1.54) is 0 Å². The van der Waals surface area contributed by atoms with E-state index in [2.05, 4.69) is 54.4 Å². The molecule has 1 heterocycles. The normalized spacial score (nSPS) is 11.0. The van der Waals surface area contributed by atoms with E-state index < -0.39 is 0 Å². The Kier molecular flexibility index (Phi) is 2.43. The fraction of sp³-hybridized carbons (Fsp3) is 0.222. The van der Waals surface area contributed by atoms with Crippen molar-refractivity contribution in [3.05, 3.63) is 27.4 Å². The Morgan fingerprint density at radius 2 is 2.15 bits per heavy atom. The van der Waals surface area contributed by atoms with Crippen molar-refractivity contribution in [1.29, 1.82) is 0 Å². The fourth-order valence-electron chi connectivity index (χ4n) is 1.39. The number of para-hydroxylation sites is 1. The van der Waals surface area contributed by atoms with Crippen LogP contribution in [0.1, 0.15) is 6.92 Å². The van der Waals surface area contributed by atoms with E-state index >= 15 is 0 Å². The van der Waals surface area contributed by atoms with Gasteiger partial charge in [-0.25, -0.2) is 4.98 Å². The van der Waals surface area contributed by atoms with E-state index in [4.69, 9.17) is 0 Å². The lowest BCUT2D eigenvalue weighted by molar-refractivity contribution is 0.765. The van der Waals surface area contributed by atoms with Crippen LogP contribution >= 0.6 is 31.9 Å². The van der Waals surface area contributed by atoms with Crippen molar-refractivity contribution in [2.75, 3.05) is 0 Å². The molecule has 0 N–H and O–H groups in total. The summed E-state index contributed by atoms with van der Waals surface area (Å²) in [5.74, 6) is 0. The smallest absolute Gasteiger partial charge is 0.178 e. The molecule has 4 heteroatoms.